The number of thiocarbonyl (C=S) groups is 1. The third-order valence-electron chi connectivity index (χ3n) is 4.73. The van der Waals surface area contributed by atoms with E-state index in [9.17, 15) is 9.59 Å². The molecule has 0 fully saturated rings. The van der Waals surface area contributed by atoms with Crippen molar-refractivity contribution in [1.29, 1.82) is 0 Å². The Morgan fingerprint density at radius 2 is 1.86 bits per heavy atom. The molecule has 148 valence electrons. The van der Waals surface area contributed by atoms with Crippen LogP contribution in [-0.4, -0.2) is 23.6 Å². The second kappa shape index (κ2) is 9.30. The Morgan fingerprint density at radius 1 is 1.14 bits per heavy atom. The highest BCUT2D eigenvalue weighted by molar-refractivity contribution is 7.80. The molecule has 2 aromatic rings. The third kappa shape index (κ3) is 4.59. The fraction of sp³-hybridized carbons (Fsp3) is 0.381. The first-order valence-corrected chi connectivity index (χ1v) is 10.8. The zero-order valence-electron chi connectivity index (χ0n) is 16.1. The quantitative estimate of drug-likeness (QED) is 0.555. The number of amides is 1. The van der Waals surface area contributed by atoms with Crippen molar-refractivity contribution >= 4 is 45.5 Å². The Kier molecular flexibility index (Phi) is 6.80. The number of benzene rings is 1. The van der Waals surface area contributed by atoms with E-state index in [1.54, 1.807) is 19.1 Å². The van der Waals surface area contributed by atoms with Gasteiger partial charge in [-0.3, -0.25) is 10.1 Å². The van der Waals surface area contributed by atoms with Gasteiger partial charge >= 0.3 is 5.97 Å². The van der Waals surface area contributed by atoms with Crippen LogP contribution in [0.2, 0.25) is 0 Å². The van der Waals surface area contributed by atoms with Gasteiger partial charge in [-0.1, -0.05) is 19.1 Å². The van der Waals surface area contributed by atoms with Crippen molar-refractivity contribution in [2.24, 2.45) is 0 Å². The number of fused-ring (bicyclic) bond motifs is 1. The topological polar surface area (TPSA) is 67.4 Å². The van der Waals surface area contributed by atoms with Gasteiger partial charge < -0.3 is 10.1 Å². The van der Waals surface area contributed by atoms with E-state index in [2.05, 4.69) is 17.6 Å². The van der Waals surface area contributed by atoms with Crippen LogP contribution >= 0.6 is 23.6 Å². The first kappa shape index (κ1) is 20.5. The highest BCUT2D eigenvalue weighted by Crippen LogP contribution is 2.38. The van der Waals surface area contributed by atoms with Crippen molar-refractivity contribution in [3.05, 3.63) is 51.4 Å². The van der Waals surface area contributed by atoms with Crippen molar-refractivity contribution in [2.45, 2.75) is 46.0 Å². The third-order valence-corrected chi connectivity index (χ3v) is 6.14. The summed E-state index contributed by atoms with van der Waals surface area (Å²) in [5.41, 5.74) is 3.32. The molecular weight excluding hydrogens is 392 g/mol. The van der Waals surface area contributed by atoms with Gasteiger partial charge in [-0.2, -0.15) is 0 Å². The van der Waals surface area contributed by atoms with Crippen LogP contribution in [0.3, 0.4) is 0 Å². The van der Waals surface area contributed by atoms with E-state index >= 15 is 0 Å². The Labute approximate surface area is 174 Å². The maximum absolute atomic E-state index is 12.5. The number of esters is 1. The van der Waals surface area contributed by atoms with Gasteiger partial charge in [0.1, 0.15) is 5.00 Å². The summed E-state index contributed by atoms with van der Waals surface area (Å²) in [5, 5.41) is 6.57. The molecule has 0 atom stereocenters. The number of rotatable bonds is 5. The molecule has 0 radical (unpaired) electrons. The largest absolute Gasteiger partial charge is 0.462 e. The molecule has 0 saturated carbocycles. The molecule has 0 aliphatic heterocycles. The van der Waals surface area contributed by atoms with Gasteiger partial charge in [0.05, 0.1) is 12.2 Å². The smallest absolute Gasteiger partial charge is 0.341 e. The second-order valence-electron chi connectivity index (χ2n) is 6.59. The van der Waals surface area contributed by atoms with E-state index in [0.717, 1.165) is 37.7 Å². The Bertz CT molecular complexity index is 888. The number of aryl methyl sites for hydroxylation is 2. The van der Waals surface area contributed by atoms with E-state index in [1.165, 1.54) is 21.8 Å². The first-order valence-electron chi connectivity index (χ1n) is 9.56. The molecular formula is C21H24N2O3S2. The monoisotopic (exact) mass is 416 g/mol. The molecule has 5 nitrogen and oxygen atoms in total. The number of nitrogens with one attached hydrogen (secondary N) is 2. The average Bonchev–Trinajstić information content (AvgIpc) is 3.05. The predicted molar refractivity (Wildman–Crippen MR) is 116 cm³/mol. The zero-order valence-corrected chi connectivity index (χ0v) is 17.7. The molecule has 0 unspecified atom stereocenters. The van der Waals surface area contributed by atoms with Gasteiger partial charge in [-0.25, -0.2) is 4.79 Å². The van der Waals surface area contributed by atoms with Crippen LogP contribution in [-0.2, 0) is 24.0 Å². The molecule has 0 spiro atoms. The Morgan fingerprint density at radius 3 is 2.54 bits per heavy atom. The molecule has 7 heteroatoms. The number of hydrogen-bond donors (Lipinski definition) is 2. The van der Waals surface area contributed by atoms with Crippen LogP contribution in [0.4, 0.5) is 5.00 Å². The molecule has 1 heterocycles. The van der Waals surface area contributed by atoms with Gasteiger partial charge in [0, 0.05) is 10.4 Å². The van der Waals surface area contributed by atoms with Crippen molar-refractivity contribution < 1.29 is 14.3 Å². The van der Waals surface area contributed by atoms with Gasteiger partial charge in [0.2, 0.25) is 0 Å². The maximum atomic E-state index is 12.5. The summed E-state index contributed by atoms with van der Waals surface area (Å²) < 4.78 is 5.24. The van der Waals surface area contributed by atoms with Crippen LogP contribution in [0.1, 0.15) is 63.4 Å². The van der Waals surface area contributed by atoms with Gasteiger partial charge in [-0.15, -0.1) is 11.3 Å². The number of ether oxygens (including phenoxy) is 1. The van der Waals surface area contributed by atoms with Crippen LogP contribution in [0, 0.1) is 0 Å². The van der Waals surface area contributed by atoms with E-state index in [1.807, 2.05) is 12.1 Å². The summed E-state index contributed by atoms with van der Waals surface area (Å²) in [4.78, 5) is 26.1. The molecule has 0 saturated heterocycles. The number of hydrogen-bond acceptors (Lipinski definition) is 5. The lowest BCUT2D eigenvalue weighted by atomic mass is 9.95. The lowest BCUT2D eigenvalue weighted by Gasteiger charge is -2.13. The van der Waals surface area contributed by atoms with E-state index in [-0.39, 0.29) is 17.0 Å². The standard InChI is InChI=1S/C21H24N2O3S2/c1-3-13-9-11-14(12-10-13)18(24)22-21(27)23-19-17(20(25)26-4-2)15-7-5-6-8-16(15)28-19/h9-12H,3-8H2,1-2H3,(H2,22,23,24,27). The molecule has 1 aliphatic carbocycles. The fourth-order valence-corrected chi connectivity index (χ4v) is 4.82. The molecule has 2 N–H and O–H groups in total. The molecule has 1 amide bonds. The molecule has 1 aliphatic rings. The van der Waals surface area contributed by atoms with Crippen LogP contribution in [0.15, 0.2) is 24.3 Å². The summed E-state index contributed by atoms with van der Waals surface area (Å²) in [6.45, 7) is 4.17. The van der Waals surface area contributed by atoms with Gasteiger partial charge in [0.15, 0.2) is 5.11 Å². The molecule has 1 aromatic carbocycles. The second-order valence-corrected chi connectivity index (χ2v) is 8.11. The van der Waals surface area contributed by atoms with E-state index < -0.39 is 0 Å². The summed E-state index contributed by atoms with van der Waals surface area (Å²) in [6, 6.07) is 7.42. The van der Waals surface area contributed by atoms with Crippen LogP contribution in [0.5, 0.6) is 0 Å². The predicted octanol–water partition coefficient (Wildman–Crippen LogP) is 4.49. The molecule has 28 heavy (non-hydrogen) atoms. The number of anilines is 1. The molecule has 1 aromatic heterocycles. The van der Waals surface area contributed by atoms with Crippen LogP contribution < -0.4 is 10.6 Å². The summed E-state index contributed by atoms with van der Waals surface area (Å²) in [7, 11) is 0. The normalized spacial score (nSPS) is 12.8. The summed E-state index contributed by atoms with van der Waals surface area (Å²) in [6.07, 6.45) is 4.91. The number of carbonyl (C=O) groups is 2. The first-order chi connectivity index (χ1) is 13.5. The summed E-state index contributed by atoms with van der Waals surface area (Å²) in [5.74, 6) is -0.618. The number of carbonyl (C=O) groups excluding carboxylic acids is 2. The van der Waals surface area contributed by atoms with E-state index in [4.69, 9.17) is 17.0 Å². The average molecular weight is 417 g/mol. The highest BCUT2D eigenvalue weighted by Gasteiger charge is 2.27. The Hall–Kier alpha value is -2.25. The van der Waals surface area contributed by atoms with E-state index in [0.29, 0.717) is 22.7 Å². The Balaban J connectivity index is 1.75. The van der Waals surface area contributed by atoms with Crippen molar-refractivity contribution in [3.63, 3.8) is 0 Å². The van der Waals surface area contributed by atoms with Crippen molar-refractivity contribution in [3.8, 4) is 0 Å². The zero-order chi connectivity index (χ0) is 20.1. The van der Waals surface area contributed by atoms with Crippen LogP contribution in [0.25, 0.3) is 0 Å². The SMILES string of the molecule is CCOC(=O)c1c(NC(=S)NC(=O)c2ccc(CC)cc2)sc2c1CCCC2. The fourth-order valence-electron chi connectivity index (χ4n) is 3.27. The molecule has 3 rings (SSSR count). The minimum absolute atomic E-state index is 0.175. The minimum atomic E-state index is -0.339. The molecule has 0 bridgehead atoms. The van der Waals surface area contributed by atoms with Gasteiger partial charge in [-0.05, 0) is 74.5 Å². The highest BCUT2D eigenvalue weighted by atomic mass is 32.1. The lowest BCUT2D eigenvalue weighted by Crippen LogP contribution is -2.34. The van der Waals surface area contributed by atoms with Gasteiger partial charge in [0.25, 0.3) is 5.91 Å². The summed E-state index contributed by atoms with van der Waals surface area (Å²) >= 11 is 6.85. The van der Waals surface area contributed by atoms with Crippen molar-refractivity contribution in [2.75, 3.05) is 11.9 Å². The maximum Gasteiger partial charge on any atom is 0.341 e. The number of thiophene rings is 1. The minimum Gasteiger partial charge on any atom is -0.462 e. The van der Waals surface area contributed by atoms with Crippen molar-refractivity contribution in [1.82, 2.24) is 5.32 Å². The lowest BCUT2D eigenvalue weighted by molar-refractivity contribution is 0.0526.